The second-order valence-corrected chi connectivity index (χ2v) is 8.76. The quantitative estimate of drug-likeness (QED) is 0.749. The molecule has 1 saturated carbocycles. The molecule has 3 aliphatic rings. The van der Waals surface area contributed by atoms with Gasteiger partial charge in [-0.1, -0.05) is 12.8 Å². The molecule has 31 heavy (non-hydrogen) atoms. The summed E-state index contributed by atoms with van der Waals surface area (Å²) in [7, 11) is 0. The minimum Gasteiger partial charge on any atom is -0.378 e. The SMILES string of the molecule is O=C(C1CCCC1)N1CCCC(c2nc(N3CCOCC3)ncc2-c2cnccn2)C1. The molecule has 4 heterocycles. The van der Waals surface area contributed by atoms with Crippen molar-refractivity contribution in [1.82, 2.24) is 24.8 Å². The Morgan fingerprint density at radius 3 is 2.58 bits per heavy atom. The number of ether oxygens (including phenoxy) is 1. The van der Waals surface area contributed by atoms with Crippen LogP contribution in [0.15, 0.2) is 24.8 Å². The molecule has 2 aromatic rings. The van der Waals surface area contributed by atoms with Crippen molar-refractivity contribution in [3.63, 3.8) is 0 Å². The number of piperidine rings is 1. The number of hydrogen-bond acceptors (Lipinski definition) is 7. The minimum atomic E-state index is 0.180. The Bertz CT molecular complexity index is 896. The summed E-state index contributed by atoms with van der Waals surface area (Å²) in [6.07, 6.45) is 13.5. The monoisotopic (exact) mass is 422 g/mol. The van der Waals surface area contributed by atoms with Crippen LogP contribution in [0.4, 0.5) is 5.95 Å². The molecule has 3 fully saturated rings. The average molecular weight is 423 g/mol. The van der Waals surface area contributed by atoms with Crippen molar-refractivity contribution >= 4 is 11.9 Å². The van der Waals surface area contributed by atoms with Crippen LogP contribution in [0.1, 0.15) is 50.1 Å². The first-order valence-electron chi connectivity index (χ1n) is 11.5. The highest BCUT2D eigenvalue weighted by Crippen LogP contribution is 2.35. The standard InChI is InChI=1S/C23H30N6O2/c30-22(17-4-1-2-5-17)29-9-3-6-18(16-29)21-19(20-15-24-7-8-25-20)14-26-23(27-21)28-10-12-31-13-11-28/h7-8,14-15,17-18H,1-6,9-13,16H2. The van der Waals surface area contributed by atoms with E-state index in [4.69, 9.17) is 9.72 Å². The molecule has 1 unspecified atom stereocenters. The van der Waals surface area contributed by atoms with E-state index in [1.165, 1.54) is 12.8 Å². The van der Waals surface area contributed by atoms with Gasteiger partial charge in [0, 0.05) is 62.2 Å². The van der Waals surface area contributed by atoms with Gasteiger partial charge in [-0.15, -0.1) is 0 Å². The number of rotatable bonds is 4. The van der Waals surface area contributed by atoms with Crippen LogP contribution in [0, 0.1) is 5.92 Å². The topological polar surface area (TPSA) is 84.3 Å². The van der Waals surface area contributed by atoms with Crippen molar-refractivity contribution in [1.29, 1.82) is 0 Å². The van der Waals surface area contributed by atoms with E-state index in [2.05, 4.69) is 24.8 Å². The molecule has 0 spiro atoms. The lowest BCUT2D eigenvalue weighted by Crippen LogP contribution is -2.42. The molecule has 0 bridgehead atoms. The van der Waals surface area contributed by atoms with Gasteiger partial charge in [0.2, 0.25) is 11.9 Å². The summed E-state index contributed by atoms with van der Waals surface area (Å²) < 4.78 is 5.49. The molecule has 0 N–H and O–H groups in total. The van der Waals surface area contributed by atoms with Crippen LogP contribution in [-0.2, 0) is 9.53 Å². The highest BCUT2D eigenvalue weighted by Gasteiger charge is 2.33. The lowest BCUT2D eigenvalue weighted by molar-refractivity contribution is -0.136. The smallest absolute Gasteiger partial charge is 0.225 e. The van der Waals surface area contributed by atoms with Crippen molar-refractivity contribution < 1.29 is 9.53 Å². The Hall–Kier alpha value is -2.61. The molecular formula is C23H30N6O2. The summed E-state index contributed by atoms with van der Waals surface area (Å²) in [5.41, 5.74) is 2.69. The van der Waals surface area contributed by atoms with E-state index in [0.29, 0.717) is 19.1 Å². The van der Waals surface area contributed by atoms with E-state index < -0.39 is 0 Å². The number of morpholine rings is 1. The number of amides is 1. The third kappa shape index (κ3) is 4.39. The molecule has 2 saturated heterocycles. The van der Waals surface area contributed by atoms with E-state index in [1.54, 1.807) is 18.6 Å². The van der Waals surface area contributed by atoms with Gasteiger partial charge in [0.25, 0.3) is 0 Å². The maximum Gasteiger partial charge on any atom is 0.225 e. The molecule has 8 heteroatoms. The molecule has 1 amide bonds. The minimum absolute atomic E-state index is 0.180. The van der Waals surface area contributed by atoms with Gasteiger partial charge in [-0.25, -0.2) is 9.97 Å². The van der Waals surface area contributed by atoms with Crippen LogP contribution < -0.4 is 4.90 Å². The molecule has 164 valence electrons. The summed E-state index contributed by atoms with van der Waals surface area (Å²) in [4.78, 5) is 35.8. The highest BCUT2D eigenvalue weighted by atomic mass is 16.5. The molecule has 8 nitrogen and oxygen atoms in total. The molecule has 2 aromatic heterocycles. The zero-order valence-corrected chi connectivity index (χ0v) is 17.9. The van der Waals surface area contributed by atoms with Crippen LogP contribution in [-0.4, -0.2) is 70.1 Å². The third-order valence-corrected chi connectivity index (χ3v) is 6.76. The highest BCUT2D eigenvalue weighted by molar-refractivity contribution is 5.79. The van der Waals surface area contributed by atoms with E-state index in [1.807, 2.05) is 6.20 Å². The lowest BCUT2D eigenvalue weighted by Gasteiger charge is -2.35. The van der Waals surface area contributed by atoms with E-state index in [-0.39, 0.29) is 11.8 Å². The summed E-state index contributed by atoms with van der Waals surface area (Å²) in [5.74, 6) is 1.47. The fourth-order valence-electron chi connectivity index (χ4n) is 5.08. The van der Waals surface area contributed by atoms with Crippen molar-refractivity contribution in [3.05, 3.63) is 30.5 Å². The van der Waals surface area contributed by atoms with Crippen molar-refractivity contribution in [3.8, 4) is 11.3 Å². The first-order valence-corrected chi connectivity index (χ1v) is 11.5. The van der Waals surface area contributed by atoms with Gasteiger partial charge in [0.15, 0.2) is 0 Å². The number of carbonyl (C=O) groups excluding carboxylic acids is 1. The molecule has 2 aliphatic heterocycles. The maximum atomic E-state index is 13.1. The van der Waals surface area contributed by atoms with Crippen molar-refractivity contribution in [2.45, 2.75) is 44.4 Å². The summed E-state index contributed by atoms with van der Waals surface area (Å²) in [5, 5.41) is 0. The number of likely N-dealkylation sites (tertiary alicyclic amines) is 1. The maximum absolute atomic E-state index is 13.1. The second kappa shape index (κ2) is 9.26. The van der Waals surface area contributed by atoms with Gasteiger partial charge in [-0.05, 0) is 25.7 Å². The normalized spacial score (nSPS) is 22.6. The number of hydrogen-bond donors (Lipinski definition) is 0. The van der Waals surface area contributed by atoms with Crippen molar-refractivity contribution in [2.24, 2.45) is 5.92 Å². The lowest BCUT2D eigenvalue weighted by atomic mass is 9.90. The molecule has 1 atom stereocenters. The van der Waals surface area contributed by atoms with Gasteiger partial charge in [-0.2, -0.15) is 0 Å². The Balaban J connectivity index is 1.45. The fraction of sp³-hybridized carbons (Fsp3) is 0.609. The summed E-state index contributed by atoms with van der Waals surface area (Å²) in [6.45, 7) is 4.55. The van der Waals surface area contributed by atoms with Gasteiger partial charge in [0.1, 0.15) is 0 Å². The molecule has 5 rings (SSSR count). The number of nitrogens with zero attached hydrogens (tertiary/aromatic N) is 6. The van der Waals surface area contributed by atoms with E-state index in [0.717, 1.165) is 74.8 Å². The predicted octanol–water partition coefficient (Wildman–Crippen LogP) is 2.67. The van der Waals surface area contributed by atoms with Crippen molar-refractivity contribution in [2.75, 3.05) is 44.3 Å². The summed E-state index contributed by atoms with van der Waals surface area (Å²) >= 11 is 0. The molecule has 0 aromatic carbocycles. The Morgan fingerprint density at radius 1 is 0.968 bits per heavy atom. The first-order chi connectivity index (χ1) is 15.3. The largest absolute Gasteiger partial charge is 0.378 e. The Morgan fingerprint density at radius 2 is 1.81 bits per heavy atom. The van der Waals surface area contributed by atoms with Crippen LogP contribution >= 0.6 is 0 Å². The van der Waals surface area contributed by atoms with Gasteiger partial charge in [0.05, 0.1) is 30.8 Å². The van der Waals surface area contributed by atoms with Gasteiger partial charge in [-0.3, -0.25) is 14.8 Å². The predicted molar refractivity (Wildman–Crippen MR) is 117 cm³/mol. The Labute approximate surface area is 183 Å². The Kier molecular flexibility index (Phi) is 6.06. The van der Waals surface area contributed by atoms with Gasteiger partial charge >= 0.3 is 0 Å². The third-order valence-electron chi connectivity index (χ3n) is 6.76. The van der Waals surface area contributed by atoms with E-state index in [9.17, 15) is 4.79 Å². The second-order valence-electron chi connectivity index (χ2n) is 8.76. The van der Waals surface area contributed by atoms with Crippen LogP contribution in [0.25, 0.3) is 11.3 Å². The zero-order chi connectivity index (χ0) is 21.0. The van der Waals surface area contributed by atoms with Crippen LogP contribution in [0.5, 0.6) is 0 Å². The van der Waals surface area contributed by atoms with Crippen LogP contribution in [0.3, 0.4) is 0 Å². The van der Waals surface area contributed by atoms with E-state index >= 15 is 0 Å². The molecular weight excluding hydrogens is 392 g/mol. The number of anilines is 1. The first kappa shape index (κ1) is 20.3. The average Bonchev–Trinajstić information content (AvgIpc) is 3.39. The molecule has 1 aliphatic carbocycles. The van der Waals surface area contributed by atoms with Crippen LogP contribution in [0.2, 0.25) is 0 Å². The number of carbonyl (C=O) groups is 1. The summed E-state index contributed by atoms with van der Waals surface area (Å²) in [6, 6.07) is 0. The number of aromatic nitrogens is 4. The molecule has 0 radical (unpaired) electrons. The fourth-order valence-corrected chi connectivity index (χ4v) is 5.08. The zero-order valence-electron chi connectivity index (χ0n) is 17.9. The van der Waals surface area contributed by atoms with Gasteiger partial charge < -0.3 is 14.5 Å².